The zero-order valence-corrected chi connectivity index (χ0v) is 20.7. The van der Waals surface area contributed by atoms with E-state index in [1.165, 1.54) is 4.31 Å². The summed E-state index contributed by atoms with van der Waals surface area (Å²) in [5, 5.41) is 3.06. The molecule has 34 heavy (non-hydrogen) atoms. The van der Waals surface area contributed by atoms with Crippen LogP contribution in [0.25, 0.3) is 0 Å². The number of rotatable bonds is 6. The normalized spacial score (nSPS) is 16.8. The molecule has 1 unspecified atom stereocenters. The van der Waals surface area contributed by atoms with Crippen LogP contribution in [0.4, 0.5) is 5.69 Å². The molecule has 0 fully saturated rings. The van der Waals surface area contributed by atoms with Crippen LogP contribution in [0.2, 0.25) is 0 Å². The van der Waals surface area contributed by atoms with E-state index in [9.17, 15) is 13.2 Å². The lowest BCUT2D eigenvalue weighted by molar-refractivity contribution is -0.120. The molecular formula is C27H30N2O4S. The number of carbonyl (C=O) groups is 1. The van der Waals surface area contributed by atoms with Crippen molar-refractivity contribution in [2.24, 2.45) is 0 Å². The predicted octanol–water partition coefficient (Wildman–Crippen LogP) is 4.92. The lowest BCUT2D eigenvalue weighted by Gasteiger charge is -2.38. The SMILES string of the molecule is Cc1ccc(C)c(N(CC(=O)NC2CC(C)(C)Oc3ccccc32)S(=O)(=O)c2ccccc2)c1. The molecule has 178 valence electrons. The van der Waals surface area contributed by atoms with Crippen LogP contribution in [0.15, 0.2) is 77.7 Å². The fraction of sp³-hybridized carbons (Fsp3) is 0.296. The monoisotopic (exact) mass is 478 g/mol. The number of anilines is 1. The van der Waals surface area contributed by atoms with Gasteiger partial charge in [-0.15, -0.1) is 0 Å². The van der Waals surface area contributed by atoms with Gasteiger partial charge in [-0.25, -0.2) is 8.42 Å². The van der Waals surface area contributed by atoms with Gasteiger partial charge in [0.1, 0.15) is 17.9 Å². The number of benzene rings is 3. The first-order valence-electron chi connectivity index (χ1n) is 11.3. The standard InChI is InChI=1S/C27H30N2O4S/c1-19-14-15-20(2)24(16-19)29(34(31,32)21-10-6-5-7-11-21)18-26(30)28-23-17-27(3,4)33-25-13-9-8-12-22(23)25/h5-16,23H,17-18H2,1-4H3,(H,28,30). The van der Waals surface area contributed by atoms with Crippen molar-refractivity contribution in [3.8, 4) is 5.75 Å². The Bertz CT molecular complexity index is 1300. The zero-order valence-electron chi connectivity index (χ0n) is 19.9. The third kappa shape index (κ3) is 4.94. The second-order valence-corrected chi connectivity index (χ2v) is 11.2. The average molecular weight is 479 g/mol. The van der Waals surface area contributed by atoms with Crippen molar-refractivity contribution in [2.75, 3.05) is 10.8 Å². The van der Waals surface area contributed by atoms with Gasteiger partial charge in [-0.05, 0) is 63.1 Å². The summed E-state index contributed by atoms with van der Waals surface area (Å²) in [6.07, 6.45) is 0.574. The molecule has 0 spiro atoms. The Labute approximate surface area is 201 Å². The zero-order chi connectivity index (χ0) is 24.5. The minimum absolute atomic E-state index is 0.140. The molecule has 1 atom stereocenters. The van der Waals surface area contributed by atoms with Crippen LogP contribution in [-0.2, 0) is 14.8 Å². The maximum absolute atomic E-state index is 13.7. The van der Waals surface area contributed by atoms with Gasteiger partial charge in [0.2, 0.25) is 5.91 Å². The molecule has 0 bridgehead atoms. The van der Waals surface area contributed by atoms with Gasteiger partial charge >= 0.3 is 0 Å². The Morgan fingerprint density at radius 3 is 2.44 bits per heavy atom. The highest BCUT2D eigenvalue weighted by Crippen LogP contribution is 2.39. The fourth-order valence-electron chi connectivity index (χ4n) is 4.31. The molecule has 0 saturated heterocycles. The van der Waals surface area contributed by atoms with Crippen molar-refractivity contribution in [1.82, 2.24) is 5.32 Å². The predicted molar refractivity (Wildman–Crippen MR) is 134 cm³/mol. The maximum atomic E-state index is 13.7. The number of hydrogen-bond acceptors (Lipinski definition) is 4. The molecule has 4 rings (SSSR count). The van der Waals surface area contributed by atoms with Gasteiger partial charge in [0.05, 0.1) is 16.6 Å². The van der Waals surface area contributed by atoms with E-state index >= 15 is 0 Å². The minimum Gasteiger partial charge on any atom is -0.487 e. The van der Waals surface area contributed by atoms with Crippen molar-refractivity contribution in [3.05, 3.63) is 89.5 Å². The van der Waals surface area contributed by atoms with Crippen molar-refractivity contribution < 1.29 is 17.9 Å². The van der Waals surface area contributed by atoms with Gasteiger partial charge in [-0.2, -0.15) is 0 Å². The number of aryl methyl sites for hydroxylation is 2. The number of carbonyl (C=O) groups excluding carboxylic acids is 1. The van der Waals surface area contributed by atoms with Crippen molar-refractivity contribution in [2.45, 2.75) is 50.7 Å². The number of amides is 1. The third-order valence-corrected chi connectivity index (χ3v) is 7.74. The van der Waals surface area contributed by atoms with Crippen LogP contribution < -0.4 is 14.4 Å². The number of ether oxygens (including phenoxy) is 1. The number of nitrogens with one attached hydrogen (secondary N) is 1. The smallest absolute Gasteiger partial charge is 0.264 e. The lowest BCUT2D eigenvalue weighted by Crippen LogP contribution is -2.45. The molecule has 0 radical (unpaired) electrons. The van der Waals surface area contributed by atoms with E-state index in [0.29, 0.717) is 12.1 Å². The third-order valence-electron chi connectivity index (χ3n) is 5.96. The summed E-state index contributed by atoms with van der Waals surface area (Å²) in [6.45, 7) is 7.37. The maximum Gasteiger partial charge on any atom is 0.264 e. The van der Waals surface area contributed by atoms with Crippen molar-refractivity contribution >= 4 is 21.6 Å². The molecule has 7 heteroatoms. The number of para-hydroxylation sites is 1. The Balaban J connectivity index is 1.67. The molecule has 1 aliphatic rings. The van der Waals surface area contributed by atoms with Gasteiger partial charge in [-0.1, -0.05) is 48.5 Å². The minimum atomic E-state index is -3.96. The average Bonchev–Trinajstić information content (AvgIpc) is 2.79. The van der Waals surface area contributed by atoms with E-state index in [-0.39, 0.29) is 23.4 Å². The summed E-state index contributed by atoms with van der Waals surface area (Å²) in [5.41, 5.74) is 2.60. The van der Waals surface area contributed by atoms with E-state index in [4.69, 9.17) is 4.74 Å². The van der Waals surface area contributed by atoms with Crippen LogP contribution in [0, 0.1) is 13.8 Å². The van der Waals surface area contributed by atoms with Crippen LogP contribution >= 0.6 is 0 Å². The Kier molecular flexibility index (Phi) is 6.41. The van der Waals surface area contributed by atoms with E-state index in [1.807, 2.05) is 64.1 Å². The summed E-state index contributed by atoms with van der Waals surface area (Å²) >= 11 is 0. The second kappa shape index (κ2) is 9.14. The van der Waals surface area contributed by atoms with Gasteiger partial charge in [0, 0.05) is 12.0 Å². The van der Waals surface area contributed by atoms with Crippen LogP contribution in [0.5, 0.6) is 5.75 Å². The van der Waals surface area contributed by atoms with E-state index in [0.717, 1.165) is 22.4 Å². The highest BCUT2D eigenvalue weighted by Gasteiger charge is 2.35. The summed E-state index contributed by atoms with van der Waals surface area (Å²) in [7, 11) is -3.96. The summed E-state index contributed by atoms with van der Waals surface area (Å²) in [5.74, 6) is 0.352. The summed E-state index contributed by atoms with van der Waals surface area (Å²) in [4.78, 5) is 13.5. The topological polar surface area (TPSA) is 75.7 Å². The molecule has 0 saturated carbocycles. The quantitative estimate of drug-likeness (QED) is 0.546. The van der Waals surface area contributed by atoms with E-state index < -0.39 is 15.6 Å². The lowest BCUT2D eigenvalue weighted by atomic mass is 9.89. The van der Waals surface area contributed by atoms with Crippen molar-refractivity contribution in [3.63, 3.8) is 0 Å². The molecule has 6 nitrogen and oxygen atoms in total. The first-order valence-corrected chi connectivity index (χ1v) is 12.7. The Morgan fingerprint density at radius 2 is 1.71 bits per heavy atom. The van der Waals surface area contributed by atoms with Crippen LogP contribution in [-0.4, -0.2) is 26.5 Å². The first kappa shape index (κ1) is 23.8. The van der Waals surface area contributed by atoms with E-state index in [2.05, 4.69) is 5.32 Å². The summed E-state index contributed by atoms with van der Waals surface area (Å²) < 4.78 is 34.6. The number of nitrogens with zero attached hydrogens (tertiary/aromatic N) is 1. The van der Waals surface area contributed by atoms with Crippen LogP contribution in [0.1, 0.15) is 43.0 Å². The highest BCUT2D eigenvalue weighted by atomic mass is 32.2. The molecule has 3 aromatic carbocycles. The largest absolute Gasteiger partial charge is 0.487 e. The van der Waals surface area contributed by atoms with Crippen LogP contribution in [0.3, 0.4) is 0 Å². The molecule has 1 aliphatic heterocycles. The van der Waals surface area contributed by atoms with Crippen molar-refractivity contribution in [1.29, 1.82) is 0 Å². The van der Waals surface area contributed by atoms with Gasteiger partial charge in [0.15, 0.2) is 0 Å². The molecule has 1 N–H and O–H groups in total. The van der Waals surface area contributed by atoms with Gasteiger partial charge in [0.25, 0.3) is 10.0 Å². The summed E-state index contributed by atoms with van der Waals surface area (Å²) in [6, 6.07) is 21.1. The molecule has 1 heterocycles. The molecule has 0 aliphatic carbocycles. The van der Waals surface area contributed by atoms with E-state index in [1.54, 1.807) is 36.4 Å². The second-order valence-electron chi connectivity index (χ2n) is 9.34. The molecular weight excluding hydrogens is 448 g/mol. The fourth-order valence-corrected chi connectivity index (χ4v) is 5.81. The molecule has 3 aromatic rings. The highest BCUT2D eigenvalue weighted by molar-refractivity contribution is 7.92. The Hall–Kier alpha value is -3.32. The number of sulfonamides is 1. The van der Waals surface area contributed by atoms with Gasteiger partial charge < -0.3 is 10.1 Å². The Morgan fingerprint density at radius 1 is 1.03 bits per heavy atom. The molecule has 1 amide bonds. The van der Waals surface area contributed by atoms with Gasteiger partial charge in [-0.3, -0.25) is 9.10 Å². The first-order chi connectivity index (χ1) is 16.1. The molecule has 0 aromatic heterocycles. The number of fused-ring (bicyclic) bond motifs is 1. The number of hydrogen-bond donors (Lipinski definition) is 1.